The van der Waals surface area contributed by atoms with Gasteiger partial charge in [0.2, 0.25) is 5.89 Å². The number of aliphatic hydroxyl groups is 1. The highest BCUT2D eigenvalue weighted by Crippen LogP contribution is 2.27. The first-order chi connectivity index (χ1) is 11.6. The number of benzene rings is 1. The van der Waals surface area contributed by atoms with Crippen molar-refractivity contribution in [3.63, 3.8) is 0 Å². The fourth-order valence-corrected chi connectivity index (χ4v) is 3.12. The highest BCUT2D eigenvalue weighted by molar-refractivity contribution is 5.21. The number of nitrogens with zero attached hydrogens (tertiary/aromatic N) is 3. The molecule has 2 N–H and O–H groups in total. The lowest BCUT2D eigenvalue weighted by molar-refractivity contribution is -0.118. The summed E-state index contributed by atoms with van der Waals surface area (Å²) < 4.78 is 11.1. The minimum absolute atomic E-state index is 0.0235. The largest absolute Gasteiger partial charge is 0.408 e. The molecule has 1 aliphatic heterocycles. The number of anilines is 1. The summed E-state index contributed by atoms with van der Waals surface area (Å²) in [6, 6.07) is 10.8. The van der Waals surface area contributed by atoms with Crippen LogP contribution >= 0.6 is 0 Å². The summed E-state index contributed by atoms with van der Waals surface area (Å²) in [7, 11) is 0. The Labute approximate surface area is 141 Å². The van der Waals surface area contributed by atoms with Crippen molar-refractivity contribution in [3.8, 4) is 0 Å². The molecule has 1 saturated heterocycles. The van der Waals surface area contributed by atoms with E-state index in [4.69, 9.17) is 9.15 Å². The van der Waals surface area contributed by atoms with Crippen molar-refractivity contribution >= 4 is 6.01 Å². The molecule has 130 valence electrons. The number of ether oxygens (including phenoxy) is 1. The molecule has 0 spiro atoms. The van der Waals surface area contributed by atoms with Gasteiger partial charge >= 0.3 is 6.01 Å². The normalized spacial score (nSPS) is 24.9. The van der Waals surface area contributed by atoms with E-state index in [9.17, 15) is 5.11 Å². The van der Waals surface area contributed by atoms with Gasteiger partial charge < -0.3 is 19.6 Å². The lowest BCUT2D eigenvalue weighted by atomic mass is 9.94. The number of rotatable bonds is 6. The summed E-state index contributed by atoms with van der Waals surface area (Å²) in [4.78, 5) is 2.29. The zero-order chi connectivity index (χ0) is 17.0. The fourth-order valence-electron chi connectivity index (χ4n) is 3.12. The number of aryl methyl sites for hydroxylation is 1. The van der Waals surface area contributed by atoms with E-state index in [0.29, 0.717) is 31.7 Å². The first-order valence-corrected chi connectivity index (χ1v) is 8.16. The van der Waals surface area contributed by atoms with E-state index in [1.807, 2.05) is 18.2 Å². The third kappa shape index (κ3) is 3.58. The van der Waals surface area contributed by atoms with E-state index in [2.05, 4.69) is 39.5 Å². The van der Waals surface area contributed by atoms with Crippen LogP contribution in [0.15, 0.2) is 34.7 Å². The smallest absolute Gasteiger partial charge is 0.315 e. The van der Waals surface area contributed by atoms with Crippen LogP contribution in [-0.4, -0.2) is 58.1 Å². The molecule has 0 radical (unpaired) electrons. The number of aromatic nitrogens is 2. The first-order valence-electron chi connectivity index (χ1n) is 8.16. The lowest BCUT2D eigenvalue weighted by Gasteiger charge is -2.49. The second kappa shape index (κ2) is 7.29. The minimum atomic E-state index is -0.546. The maximum absolute atomic E-state index is 10.2. The topological polar surface area (TPSA) is 83.7 Å². The van der Waals surface area contributed by atoms with E-state index in [1.165, 1.54) is 5.56 Å². The van der Waals surface area contributed by atoms with Crippen molar-refractivity contribution < 1.29 is 14.3 Å². The summed E-state index contributed by atoms with van der Waals surface area (Å²) in [5, 5.41) is 21.1. The van der Waals surface area contributed by atoms with Gasteiger partial charge in [0.15, 0.2) is 0 Å². The van der Waals surface area contributed by atoms with Gasteiger partial charge in [-0.3, -0.25) is 4.90 Å². The molecule has 24 heavy (non-hydrogen) atoms. The predicted octanol–water partition coefficient (Wildman–Crippen LogP) is 1.44. The fraction of sp³-hybridized carbons (Fsp3) is 0.529. The quantitative estimate of drug-likeness (QED) is 0.828. The Morgan fingerprint density at radius 2 is 2.12 bits per heavy atom. The molecule has 1 fully saturated rings. The number of hydrogen-bond acceptors (Lipinski definition) is 7. The minimum Gasteiger partial charge on any atom is -0.408 e. The number of aliphatic hydroxyl groups excluding tert-OH is 1. The van der Waals surface area contributed by atoms with E-state index in [0.717, 1.165) is 6.54 Å². The summed E-state index contributed by atoms with van der Waals surface area (Å²) in [5.74, 6) is 0.505. The van der Waals surface area contributed by atoms with E-state index < -0.39 is 5.54 Å². The third-order valence-electron chi connectivity index (χ3n) is 4.46. The Morgan fingerprint density at radius 1 is 1.33 bits per heavy atom. The summed E-state index contributed by atoms with van der Waals surface area (Å²) in [6.45, 7) is 6.13. The molecule has 1 aromatic carbocycles. The summed E-state index contributed by atoms with van der Waals surface area (Å²) in [6.07, 6.45) is 0. The molecule has 0 amide bonds. The van der Waals surface area contributed by atoms with Gasteiger partial charge in [-0.1, -0.05) is 35.4 Å². The van der Waals surface area contributed by atoms with Crippen molar-refractivity contribution in [1.29, 1.82) is 0 Å². The van der Waals surface area contributed by atoms with Gasteiger partial charge in [0.1, 0.15) is 0 Å². The summed E-state index contributed by atoms with van der Waals surface area (Å²) >= 11 is 0. The van der Waals surface area contributed by atoms with Crippen LogP contribution in [0.3, 0.4) is 0 Å². The maximum Gasteiger partial charge on any atom is 0.315 e. The number of morpholine rings is 1. The van der Waals surface area contributed by atoms with Crippen molar-refractivity contribution in [2.75, 3.05) is 31.7 Å². The van der Waals surface area contributed by atoms with Crippen molar-refractivity contribution in [1.82, 2.24) is 15.1 Å². The molecule has 2 aromatic rings. The van der Waals surface area contributed by atoms with Crippen molar-refractivity contribution in [3.05, 3.63) is 41.8 Å². The second-order valence-corrected chi connectivity index (χ2v) is 6.34. The van der Waals surface area contributed by atoms with Gasteiger partial charge in [-0.2, -0.15) is 0 Å². The van der Waals surface area contributed by atoms with Crippen LogP contribution in [0.25, 0.3) is 0 Å². The number of nitrogens with one attached hydrogen (secondary N) is 1. The maximum atomic E-state index is 10.2. The lowest BCUT2D eigenvalue weighted by Crippen LogP contribution is -2.65. The van der Waals surface area contributed by atoms with Gasteiger partial charge in [0.05, 0.1) is 25.4 Å². The highest BCUT2D eigenvalue weighted by atomic mass is 16.5. The number of hydrogen-bond donors (Lipinski definition) is 2. The Bertz CT molecular complexity index is 648. The molecule has 0 bridgehead atoms. The molecule has 1 aromatic heterocycles. The Balaban J connectivity index is 1.78. The summed E-state index contributed by atoms with van der Waals surface area (Å²) in [5.41, 5.74) is 0.660. The zero-order valence-electron chi connectivity index (χ0n) is 14.1. The second-order valence-electron chi connectivity index (χ2n) is 6.34. The molecule has 7 heteroatoms. The average Bonchev–Trinajstić information content (AvgIpc) is 3.02. The molecule has 0 saturated carbocycles. The van der Waals surface area contributed by atoms with Crippen LogP contribution in [0.5, 0.6) is 0 Å². The third-order valence-corrected chi connectivity index (χ3v) is 4.46. The monoisotopic (exact) mass is 332 g/mol. The van der Waals surface area contributed by atoms with Crippen molar-refractivity contribution in [2.45, 2.75) is 32.0 Å². The molecular formula is C17H24N4O3. The van der Waals surface area contributed by atoms with Gasteiger partial charge in [-0.05, 0) is 12.5 Å². The zero-order valence-corrected chi connectivity index (χ0v) is 14.1. The molecule has 1 aliphatic rings. The molecule has 0 aliphatic carbocycles. The predicted molar refractivity (Wildman–Crippen MR) is 89.6 cm³/mol. The van der Waals surface area contributed by atoms with Gasteiger partial charge in [-0.15, -0.1) is 5.10 Å². The molecule has 2 heterocycles. The van der Waals surface area contributed by atoms with Gasteiger partial charge in [0, 0.05) is 26.1 Å². The SMILES string of the molecule is Cc1nnc(NC[C@]2(CO)COC[C@@H](C)N2Cc2ccccc2)o1. The molecule has 7 nitrogen and oxygen atoms in total. The van der Waals surface area contributed by atoms with E-state index >= 15 is 0 Å². The van der Waals surface area contributed by atoms with Gasteiger partial charge in [-0.25, -0.2) is 0 Å². The van der Waals surface area contributed by atoms with Gasteiger partial charge in [0.25, 0.3) is 0 Å². The van der Waals surface area contributed by atoms with Crippen LogP contribution in [0, 0.1) is 6.92 Å². The average molecular weight is 332 g/mol. The molecule has 3 rings (SSSR count). The first kappa shape index (κ1) is 16.9. The van der Waals surface area contributed by atoms with Crippen LogP contribution in [0.1, 0.15) is 18.4 Å². The van der Waals surface area contributed by atoms with Crippen LogP contribution < -0.4 is 5.32 Å². The highest BCUT2D eigenvalue weighted by Gasteiger charge is 2.42. The Morgan fingerprint density at radius 3 is 2.79 bits per heavy atom. The van der Waals surface area contributed by atoms with Crippen LogP contribution in [0.4, 0.5) is 6.01 Å². The van der Waals surface area contributed by atoms with Crippen molar-refractivity contribution in [2.24, 2.45) is 0 Å². The van der Waals surface area contributed by atoms with E-state index in [1.54, 1.807) is 6.92 Å². The molecule has 0 unspecified atom stereocenters. The standard InChI is InChI=1S/C17H24N4O3/c1-13-9-23-12-17(11-22,10-18-16-20-19-14(2)24-16)21(13)8-15-6-4-3-5-7-15/h3-7,13,22H,8-12H2,1-2H3,(H,18,20)/t13-,17+/m1/s1. The van der Waals surface area contributed by atoms with E-state index in [-0.39, 0.29) is 12.6 Å². The Kier molecular flexibility index (Phi) is 5.13. The molecule has 2 atom stereocenters. The van der Waals surface area contributed by atoms with Crippen LogP contribution in [-0.2, 0) is 11.3 Å². The van der Waals surface area contributed by atoms with Crippen LogP contribution in [0.2, 0.25) is 0 Å². The Hall–Kier alpha value is -1.96. The molecular weight excluding hydrogens is 308 g/mol.